The normalized spacial score (nSPS) is 15.2. The maximum absolute atomic E-state index is 5.01. The fourth-order valence-electron chi connectivity index (χ4n) is 3.76. The number of aromatic nitrogens is 2. The molecule has 2 N–H and O–H groups in total. The van der Waals surface area contributed by atoms with Crippen molar-refractivity contribution in [2.75, 3.05) is 10.6 Å². The lowest BCUT2D eigenvalue weighted by atomic mass is 10.0. The number of para-hydroxylation sites is 2. The second-order valence-corrected chi connectivity index (χ2v) is 7.99. The van der Waals surface area contributed by atoms with E-state index in [9.17, 15) is 0 Å². The zero-order valence-electron chi connectivity index (χ0n) is 17.7. The van der Waals surface area contributed by atoms with Crippen molar-refractivity contribution < 1.29 is 0 Å². The molecular formula is C26H25N5. The number of benzene rings is 3. The Kier molecular flexibility index (Phi) is 5.00. The quantitative estimate of drug-likeness (QED) is 0.438. The molecule has 1 aromatic heterocycles. The molecule has 0 unspecified atom stereocenters. The summed E-state index contributed by atoms with van der Waals surface area (Å²) in [6, 6.07) is 29.0. The van der Waals surface area contributed by atoms with Crippen LogP contribution in [0.5, 0.6) is 0 Å². The molecule has 5 rings (SSSR count). The Bertz CT molecular complexity index is 1190. The van der Waals surface area contributed by atoms with E-state index in [0.29, 0.717) is 5.92 Å². The maximum atomic E-state index is 5.01. The van der Waals surface area contributed by atoms with Crippen LogP contribution < -0.4 is 10.6 Å². The highest BCUT2D eigenvalue weighted by molar-refractivity contribution is 6.12. The highest BCUT2D eigenvalue weighted by Crippen LogP contribution is 2.32. The van der Waals surface area contributed by atoms with Crippen LogP contribution in [0.3, 0.4) is 0 Å². The lowest BCUT2D eigenvalue weighted by Crippen LogP contribution is -2.25. The van der Waals surface area contributed by atoms with Crippen molar-refractivity contribution in [3.8, 4) is 5.69 Å². The molecule has 31 heavy (non-hydrogen) atoms. The second kappa shape index (κ2) is 8.11. The van der Waals surface area contributed by atoms with Crippen LogP contribution in [-0.4, -0.2) is 15.6 Å². The van der Waals surface area contributed by atoms with Crippen molar-refractivity contribution in [1.29, 1.82) is 0 Å². The molecule has 154 valence electrons. The summed E-state index contributed by atoms with van der Waals surface area (Å²) in [4.78, 5) is 5.01. The molecule has 0 saturated heterocycles. The summed E-state index contributed by atoms with van der Waals surface area (Å²) in [5.41, 5.74) is 5.38. The standard InChI is InChI=1S/C26H25N5/c1-18(2)19-13-15-20(16-14-19)24-29-25(28-21-9-5-3-6-10-21)23-17-27-31(26(23)30-24)22-11-7-4-8-12-22/h3-18,24,30H,1-2H3,(H,28,29)/t24-/m0/s1. The van der Waals surface area contributed by atoms with Gasteiger partial charge in [0.05, 0.1) is 17.4 Å². The molecule has 0 aliphatic carbocycles. The van der Waals surface area contributed by atoms with Crippen LogP contribution in [0, 0.1) is 0 Å². The van der Waals surface area contributed by atoms with Crippen molar-refractivity contribution in [1.82, 2.24) is 9.78 Å². The van der Waals surface area contributed by atoms with Crippen LogP contribution >= 0.6 is 0 Å². The summed E-state index contributed by atoms with van der Waals surface area (Å²) in [5, 5.41) is 11.7. The van der Waals surface area contributed by atoms with Crippen molar-refractivity contribution in [2.24, 2.45) is 4.99 Å². The van der Waals surface area contributed by atoms with Crippen molar-refractivity contribution >= 4 is 17.3 Å². The van der Waals surface area contributed by atoms with Gasteiger partial charge in [0.25, 0.3) is 0 Å². The average Bonchev–Trinajstić information content (AvgIpc) is 3.25. The monoisotopic (exact) mass is 407 g/mol. The SMILES string of the molecule is CC(C)c1ccc([C@H]2N=C(Nc3ccccc3)c3cnn(-c4ccccc4)c3N2)cc1. The molecule has 0 spiro atoms. The summed E-state index contributed by atoms with van der Waals surface area (Å²) in [7, 11) is 0. The third kappa shape index (κ3) is 3.82. The zero-order valence-corrected chi connectivity index (χ0v) is 17.7. The molecule has 1 aliphatic heterocycles. The number of amidine groups is 1. The lowest BCUT2D eigenvalue weighted by Gasteiger charge is -2.25. The van der Waals surface area contributed by atoms with E-state index in [1.165, 1.54) is 5.56 Å². The molecule has 0 radical (unpaired) electrons. The Labute approximate surface area is 182 Å². The van der Waals surface area contributed by atoms with Crippen LogP contribution in [0.25, 0.3) is 5.69 Å². The number of aliphatic imine (C=N–C) groups is 1. The van der Waals surface area contributed by atoms with Gasteiger partial charge in [-0.05, 0) is 41.3 Å². The van der Waals surface area contributed by atoms with Gasteiger partial charge in [0.1, 0.15) is 17.8 Å². The Morgan fingerprint density at radius 2 is 1.55 bits per heavy atom. The first-order valence-electron chi connectivity index (χ1n) is 10.6. The Morgan fingerprint density at radius 3 is 2.23 bits per heavy atom. The van der Waals surface area contributed by atoms with E-state index in [1.54, 1.807) is 0 Å². The van der Waals surface area contributed by atoms with E-state index in [2.05, 4.69) is 66.0 Å². The van der Waals surface area contributed by atoms with Gasteiger partial charge in [-0.3, -0.25) is 0 Å². The summed E-state index contributed by atoms with van der Waals surface area (Å²) < 4.78 is 1.94. The molecule has 0 bridgehead atoms. The third-order valence-electron chi connectivity index (χ3n) is 5.51. The summed E-state index contributed by atoms with van der Waals surface area (Å²) in [6.07, 6.45) is 1.65. The van der Waals surface area contributed by atoms with Crippen LogP contribution in [-0.2, 0) is 0 Å². The molecule has 4 aromatic rings. The van der Waals surface area contributed by atoms with Gasteiger partial charge in [-0.15, -0.1) is 0 Å². The molecule has 0 fully saturated rings. The summed E-state index contributed by atoms with van der Waals surface area (Å²) >= 11 is 0. The van der Waals surface area contributed by atoms with E-state index in [4.69, 9.17) is 4.99 Å². The Balaban J connectivity index is 1.57. The van der Waals surface area contributed by atoms with Crippen molar-refractivity contribution in [3.05, 3.63) is 108 Å². The molecule has 3 aromatic carbocycles. The molecule has 1 atom stereocenters. The van der Waals surface area contributed by atoms with Gasteiger partial charge >= 0.3 is 0 Å². The third-order valence-corrected chi connectivity index (χ3v) is 5.51. The fourth-order valence-corrected chi connectivity index (χ4v) is 3.76. The predicted octanol–water partition coefficient (Wildman–Crippen LogP) is 5.98. The summed E-state index contributed by atoms with van der Waals surface area (Å²) in [6.45, 7) is 4.41. The maximum Gasteiger partial charge on any atom is 0.148 e. The molecule has 5 nitrogen and oxygen atoms in total. The van der Waals surface area contributed by atoms with Crippen molar-refractivity contribution in [3.63, 3.8) is 0 Å². The minimum Gasteiger partial charge on any atom is -0.344 e. The van der Waals surface area contributed by atoms with Gasteiger partial charge in [-0.2, -0.15) is 5.10 Å². The van der Waals surface area contributed by atoms with E-state index in [0.717, 1.165) is 34.2 Å². The topological polar surface area (TPSA) is 54.2 Å². The molecule has 2 heterocycles. The number of anilines is 2. The van der Waals surface area contributed by atoms with Crippen molar-refractivity contribution in [2.45, 2.75) is 25.9 Å². The number of hydrogen-bond donors (Lipinski definition) is 2. The number of nitrogens with one attached hydrogen (secondary N) is 2. The second-order valence-electron chi connectivity index (χ2n) is 7.99. The smallest absolute Gasteiger partial charge is 0.148 e. The molecule has 0 saturated carbocycles. The van der Waals surface area contributed by atoms with Crippen LogP contribution in [0.1, 0.15) is 42.6 Å². The average molecular weight is 408 g/mol. The summed E-state index contributed by atoms with van der Waals surface area (Å²) in [5.74, 6) is 2.23. The zero-order chi connectivity index (χ0) is 21.2. The van der Waals surface area contributed by atoms with E-state index in [-0.39, 0.29) is 6.17 Å². The number of fused-ring (bicyclic) bond motifs is 1. The Morgan fingerprint density at radius 1 is 0.871 bits per heavy atom. The number of nitrogens with zero attached hydrogens (tertiary/aromatic N) is 3. The first-order chi connectivity index (χ1) is 15.2. The lowest BCUT2D eigenvalue weighted by molar-refractivity contribution is 0.787. The first kappa shape index (κ1) is 19.1. The molecular weight excluding hydrogens is 382 g/mol. The predicted molar refractivity (Wildman–Crippen MR) is 127 cm³/mol. The highest BCUT2D eigenvalue weighted by atomic mass is 15.4. The minimum absolute atomic E-state index is 0.209. The fraction of sp³-hybridized carbons (Fsp3) is 0.154. The van der Waals surface area contributed by atoms with E-state index >= 15 is 0 Å². The van der Waals surface area contributed by atoms with Gasteiger partial charge in [0.15, 0.2) is 0 Å². The Hall–Kier alpha value is -3.86. The van der Waals surface area contributed by atoms with Crippen LogP contribution in [0.4, 0.5) is 11.5 Å². The number of hydrogen-bond acceptors (Lipinski definition) is 4. The van der Waals surface area contributed by atoms with Gasteiger partial charge < -0.3 is 10.6 Å². The molecule has 5 heteroatoms. The van der Waals surface area contributed by atoms with Crippen LogP contribution in [0.2, 0.25) is 0 Å². The van der Waals surface area contributed by atoms with E-state index < -0.39 is 0 Å². The van der Waals surface area contributed by atoms with Crippen LogP contribution in [0.15, 0.2) is 96.1 Å². The van der Waals surface area contributed by atoms with Gasteiger partial charge in [-0.25, -0.2) is 9.67 Å². The molecule has 1 aliphatic rings. The number of rotatable bonds is 4. The largest absolute Gasteiger partial charge is 0.344 e. The van der Waals surface area contributed by atoms with Gasteiger partial charge in [0.2, 0.25) is 0 Å². The molecule has 0 amide bonds. The van der Waals surface area contributed by atoms with E-state index in [1.807, 2.05) is 59.4 Å². The van der Waals surface area contributed by atoms with Gasteiger partial charge in [0, 0.05) is 5.69 Å². The first-order valence-corrected chi connectivity index (χ1v) is 10.6. The van der Waals surface area contributed by atoms with Gasteiger partial charge in [-0.1, -0.05) is 74.5 Å². The highest BCUT2D eigenvalue weighted by Gasteiger charge is 2.26. The minimum atomic E-state index is -0.209.